The molecule has 1 aliphatic carbocycles. The van der Waals surface area contributed by atoms with Gasteiger partial charge in [0.2, 0.25) is 0 Å². The summed E-state index contributed by atoms with van der Waals surface area (Å²) in [4.78, 5) is 0. The van der Waals surface area contributed by atoms with Crippen LogP contribution in [0.15, 0.2) is 12.1 Å². The minimum Gasteiger partial charge on any atom is -0.493 e. The van der Waals surface area contributed by atoms with E-state index in [-0.39, 0.29) is 12.4 Å². The quantitative estimate of drug-likeness (QED) is 0.736. The second-order valence-electron chi connectivity index (χ2n) is 5.61. The van der Waals surface area contributed by atoms with E-state index in [9.17, 15) is 0 Å². The predicted molar refractivity (Wildman–Crippen MR) is 94.8 cm³/mol. The molecule has 126 valence electrons. The number of nitrogens with one attached hydrogen (secondary N) is 1. The van der Waals surface area contributed by atoms with Crippen molar-refractivity contribution in [3.63, 3.8) is 0 Å². The smallest absolute Gasteiger partial charge is 0.179 e. The third-order valence-electron chi connectivity index (χ3n) is 4.03. The summed E-state index contributed by atoms with van der Waals surface area (Å²) in [5, 5.41) is 4.27. The molecule has 0 atom stereocenters. The normalized spacial score (nSPS) is 15.8. The molecular formula is C17H27Cl2NO2. The SMILES string of the molecule is CCOc1c(Cl)cc(CNC2CCCCCC2)cc1OC.Cl. The molecule has 0 spiro atoms. The molecule has 0 unspecified atom stereocenters. The number of benzene rings is 1. The fourth-order valence-corrected chi connectivity index (χ4v) is 3.19. The summed E-state index contributed by atoms with van der Waals surface area (Å²) in [6.45, 7) is 3.35. The summed E-state index contributed by atoms with van der Waals surface area (Å²) in [5.74, 6) is 1.35. The van der Waals surface area contributed by atoms with Gasteiger partial charge in [-0.15, -0.1) is 12.4 Å². The van der Waals surface area contributed by atoms with Crippen molar-refractivity contribution in [2.24, 2.45) is 0 Å². The first kappa shape index (κ1) is 19.4. The van der Waals surface area contributed by atoms with E-state index in [1.54, 1.807) is 7.11 Å². The monoisotopic (exact) mass is 347 g/mol. The Bertz CT molecular complexity index is 447. The van der Waals surface area contributed by atoms with Crippen molar-refractivity contribution < 1.29 is 9.47 Å². The van der Waals surface area contributed by atoms with Crippen LogP contribution in [0, 0.1) is 0 Å². The third kappa shape index (κ3) is 5.53. The average molecular weight is 348 g/mol. The Morgan fingerprint density at radius 3 is 2.45 bits per heavy atom. The topological polar surface area (TPSA) is 30.5 Å². The Hall–Kier alpha value is -0.640. The standard InChI is InChI=1S/C17H26ClNO2.ClH/c1-3-21-17-15(18)10-13(11-16(17)20-2)12-19-14-8-6-4-5-7-9-14;/h10-11,14,19H,3-9,12H2,1-2H3;1H. The molecule has 1 aromatic carbocycles. The van der Waals surface area contributed by atoms with Crippen molar-refractivity contribution in [1.82, 2.24) is 5.32 Å². The second-order valence-corrected chi connectivity index (χ2v) is 6.02. The lowest BCUT2D eigenvalue weighted by molar-refractivity contribution is 0.310. The van der Waals surface area contributed by atoms with Crippen LogP contribution in [0.3, 0.4) is 0 Å². The molecule has 0 saturated heterocycles. The van der Waals surface area contributed by atoms with E-state index in [4.69, 9.17) is 21.1 Å². The maximum Gasteiger partial charge on any atom is 0.179 e. The lowest BCUT2D eigenvalue weighted by Gasteiger charge is -2.18. The summed E-state index contributed by atoms with van der Waals surface area (Å²) in [6.07, 6.45) is 7.99. The summed E-state index contributed by atoms with van der Waals surface area (Å²) in [6, 6.07) is 4.61. The molecule has 1 aromatic rings. The molecule has 1 aliphatic rings. The Morgan fingerprint density at radius 1 is 1.18 bits per heavy atom. The van der Waals surface area contributed by atoms with Crippen LogP contribution in [0.4, 0.5) is 0 Å². The van der Waals surface area contributed by atoms with Gasteiger partial charge in [-0.05, 0) is 37.5 Å². The minimum atomic E-state index is 0. The second kappa shape index (κ2) is 10.2. The number of rotatable bonds is 6. The third-order valence-corrected chi connectivity index (χ3v) is 4.31. The first-order valence-corrected chi connectivity index (χ1v) is 8.35. The number of ether oxygens (including phenoxy) is 2. The van der Waals surface area contributed by atoms with Crippen molar-refractivity contribution in [3.05, 3.63) is 22.7 Å². The maximum absolute atomic E-state index is 6.31. The Balaban J connectivity index is 0.00000242. The highest BCUT2D eigenvalue weighted by Gasteiger charge is 2.14. The fraction of sp³-hybridized carbons (Fsp3) is 0.647. The van der Waals surface area contributed by atoms with Crippen LogP contribution < -0.4 is 14.8 Å². The fourth-order valence-electron chi connectivity index (χ4n) is 2.91. The van der Waals surface area contributed by atoms with Gasteiger partial charge in [-0.2, -0.15) is 0 Å². The van der Waals surface area contributed by atoms with Crippen molar-refractivity contribution >= 4 is 24.0 Å². The van der Waals surface area contributed by atoms with E-state index in [1.165, 1.54) is 38.5 Å². The number of hydrogen-bond acceptors (Lipinski definition) is 3. The zero-order chi connectivity index (χ0) is 15.1. The molecule has 0 aliphatic heterocycles. The molecule has 22 heavy (non-hydrogen) atoms. The van der Waals surface area contributed by atoms with Crippen LogP contribution in [0.25, 0.3) is 0 Å². The molecule has 2 rings (SSSR count). The van der Waals surface area contributed by atoms with Crippen molar-refractivity contribution in [3.8, 4) is 11.5 Å². The number of halogens is 2. The molecule has 1 N–H and O–H groups in total. The van der Waals surface area contributed by atoms with Gasteiger partial charge in [0.25, 0.3) is 0 Å². The van der Waals surface area contributed by atoms with Crippen molar-refractivity contribution in [1.29, 1.82) is 0 Å². The van der Waals surface area contributed by atoms with Gasteiger partial charge in [-0.1, -0.05) is 37.3 Å². The van der Waals surface area contributed by atoms with Gasteiger partial charge in [0, 0.05) is 12.6 Å². The predicted octanol–water partition coefficient (Wildman–Crippen LogP) is 4.98. The average Bonchev–Trinajstić information content (AvgIpc) is 2.76. The molecule has 0 aromatic heterocycles. The van der Waals surface area contributed by atoms with Gasteiger partial charge in [-0.25, -0.2) is 0 Å². The number of hydrogen-bond donors (Lipinski definition) is 1. The Labute approximate surface area is 145 Å². The molecular weight excluding hydrogens is 321 g/mol. The van der Waals surface area contributed by atoms with Crippen LogP contribution >= 0.6 is 24.0 Å². The van der Waals surface area contributed by atoms with Gasteiger partial charge in [0.05, 0.1) is 18.7 Å². The lowest BCUT2D eigenvalue weighted by Crippen LogP contribution is -2.27. The van der Waals surface area contributed by atoms with Crippen molar-refractivity contribution in [2.75, 3.05) is 13.7 Å². The van der Waals surface area contributed by atoms with Crippen LogP contribution in [0.5, 0.6) is 11.5 Å². The number of methoxy groups -OCH3 is 1. The highest BCUT2D eigenvalue weighted by molar-refractivity contribution is 6.32. The molecule has 1 fully saturated rings. The summed E-state index contributed by atoms with van der Waals surface area (Å²) in [7, 11) is 1.65. The van der Waals surface area contributed by atoms with Crippen molar-refractivity contribution in [2.45, 2.75) is 58.0 Å². The zero-order valence-corrected chi connectivity index (χ0v) is 15.1. The largest absolute Gasteiger partial charge is 0.493 e. The first-order valence-electron chi connectivity index (χ1n) is 7.97. The molecule has 1 saturated carbocycles. The van der Waals surface area contributed by atoms with E-state index in [0.717, 1.165) is 12.1 Å². The molecule has 5 heteroatoms. The molecule has 3 nitrogen and oxygen atoms in total. The van der Waals surface area contributed by atoms with E-state index in [0.29, 0.717) is 29.2 Å². The highest BCUT2D eigenvalue weighted by Crippen LogP contribution is 2.36. The van der Waals surface area contributed by atoms with Gasteiger partial charge >= 0.3 is 0 Å². The van der Waals surface area contributed by atoms with Gasteiger partial charge in [-0.3, -0.25) is 0 Å². The van der Waals surface area contributed by atoms with E-state index in [2.05, 4.69) is 5.32 Å². The van der Waals surface area contributed by atoms with Crippen LogP contribution in [0.1, 0.15) is 51.0 Å². The van der Waals surface area contributed by atoms with Gasteiger partial charge < -0.3 is 14.8 Å². The van der Waals surface area contributed by atoms with Crippen LogP contribution in [-0.2, 0) is 6.54 Å². The van der Waals surface area contributed by atoms with Gasteiger partial charge in [0.1, 0.15) is 0 Å². The van der Waals surface area contributed by atoms with E-state index >= 15 is 0 Å². The Kier molecular flexibility index (Phi) is 8.99. The molecule has 0 radical (unpaired) electrons. The minimum absolute atomic E-state index is 0. The first-order chi connectivity index (χ1) is 10.2. The van der Waals surface area contributed by atoms with E-state index < -0.39 is 0 Å². The summed E-state index contributed by atoms with van der Waals surface area (Å²) in [5.41, 5.74) is 1.14. The molecule has 0 amide bonds. The van der Waals surface area contributed by atoms with Crippen LogP contribution in [-0.4, -0.2) is 19.8 Å². The lowest BCUT2D eigenvalue weighted by atomic mass is 10.1. The van der Waals surface area contributed by atoms with Crippen LogP contribution in [0.2, 0.25) is 5.02 Å². The summed E-state index contributed by atoms with van der Waals surface area (Å²) >= 11 is 6.31. The molecule has 0 bridgehead atoms. The van der Waals surface area contributed by atoms with Gasteiger partial charge in [0.15, 0.2) is 11.5 Å². The maximum atomic E-state index is 6.31. The summed E-state index contributed by atoms with van der Waals surface area (Å²) < 4.78 is 10.9. The zero-order valence-electron chi connectivity index (χ0n) is 13.5. The van der Waals surface area contributed by atoms with E-state index in [1.807, 2.05) is 19.1 Å². The Morgan fingerprint density at radius 2 is 1.86 bits per heavy atom. The molecule has 0 heterocycles. The highest BCUT2D eigenvalue weighted by atomic mass is 35.5.